The van der Waals surface area contributed by atoms with E-state index < -0.39 is 0 Å². The molecule has 0 unspecified atom stereocenters. The van der Waals surface area contributed by atoms with Crippen molar-refractivity contribution in [2.24, 2.45) is 0 Å². The van der Waals surface area contributed by atoms with E-state index in [1.165, 1.54) is 23.9 Å². The molecule has 5 heteroatoms. The minimum absolute atomic E-state index is 0.237. The summed E-state index contributed by atoms with van der Waals surface area (Å²) >= 11 is 1.44. The van der Waals surface area contributed by atoms with Gasteiger partial charge in [-0.05, 0) is 32.0 Å². The highest BCUT2D eigenvalue weighted by Crippen LogP contribution is 2.29. The fourth-order valence-corrected chi connectivity index (χ4v) is 2.30. The number of hydrogen-bond donors (Lipinski definition) is 1. The molecule has 0 amide bonds. The molecule has 2 rings (SSSR count). The molecule has 0 aliphatic heterocycles. The van der Waals surface area contributed by atoms with Crippen LogP contribution in [0.5, 0.6) is 0 Å². The Hall–Kier alpha value is -1.62. The van der Waals surface area contributed by atoms with Gasteiger partial charge in [0.1, 0.15) is 10.8 Å². The summed E-state index contributed by atoms with van der Waals surface area (Å²) in [7, 11) is 0. The zero-order chi connectivity index (χ0) is 13.0. The smallest absolute Gasteiger partial charge is 0.223 e. The number of nitrogens with zero attached hydrogens (tertiary/aromatic N) is 2. The van der Waals surface area contributed by atoms with Crippen molar-refractivity contribution < 1.29 is 4.39 Å². The summed E-state index contributed by atoms with van der Waals surface area (Å²) in [6.07, 6.45) is 1.77. The monoisotopic (exact) mass is 263 g/mol. The second-order valence-corrected chi connectivity index (χ2v) is 4.83. The molecule has 0 radical (unpaired) electrons. The molecule has 0 aliphatic rings. The standard InChI is InChI=1S/C13H14FN3S/c1-3-15-13-16-8-9(2)12(17-13)18-11-6-4-5-10(14)7-11/h4-8H,3H2,1-2H3,(H,15,16,17). The maximum absolute atomic E-state index is 13.1. The zero-order valence-corrected chi connectivity index (χ0v) is 11.1. The second-order valence-electron chi connectivity index (χ2n) is 3.77. The number of hydrogen-bond acceptors (Lipinski definition) is 4. The Morgan fingerprint density at radius 3 is 2.94 bits per heavy atom. The maximum Gasteiger partial charge on any atom is 0.223 e. The van der Waals surface area contributed by atoms with E-state index in [0.717, 1.165) is 22.0 Å². The van der Waals surface area contributed by atoms with Gasteiger partial charge in [0.05, 0.1) is 0 Å². The summed E-state index contributed by atoms with van der Waals surface area (Å²) in [6, 6.07) is 6.49. The summed E-state index contributed by atoms with van der Waals surface area (Å²) in [4.78, 5) is 9.42. The van der Waals surface area contributed by atoms with E-state index in [2.05, 4.69) is 15.3 Å². The third-order valence-electron chi connectivity index (χ3n) is 2.27. The van der Waals surface area contributed by atoms with E-state index >= 15 is 0 Å². The number of nitrogens with one attached hydrogen (secondary N) is 1. The number of benzene rings is 1. The first-order valence-corrected chi connectivity index (χ1v) is 6.51. The lowest BCUT2D eigenvalue weighted by molar-refractivity contribution is 0.624. The van der Waals surface area contributed by atoms with Gasteiger partial charge < -0.3 is 5.32 Å². The Balaban J connectivity index is 2.25. The molecule has 3 nitrogen and oxygen atoms in total. The number of anilines is 1. The number of rotatable bonds is 4. The van der Waals surface area contributed by atoms with Gasteiger partial charge in [-0.3, -0.25) is 0 Å². The van der Waals surface area contributed by atoms with E-state index in [9.17, 15) is 4.39 Å². The van der Waals surface area contributed by atoms with Gasteiger partial charge >= 0.3 is 0 Å². The topological polar surface area (TPSA) is 37.8 Å². The van der Waals surface area contributed by atoms with Gasteiger partial charge in [0.15, 0.2) is 0 Å². The predicted octanol–water partition coefficient (Wildman–Crippen LogP) is 3.51. The zero-order valence-electron chi connectivity index (χ0n) is 10.3. The van der Waals surface area contributed by atoms with Crippen LogP contribution < -0.4 is 5.32 Å². The molecule has 0 aliphatic carbocycles. The number of halogens is 1. The van der Waals surface area contributed by atoms with Crippen molar-refractivity contribution in [3.63, 3.8) is 0 Å². The predicted molar refractivity (Wildman–Crippen MR) is 71.5 cm³/mol. The van der Waals surface area contributed by atoms with Crippen molar-refractivity contribution in [1.29, 1.82) is 0 Å². The van der Waals surface area contributed by atoms with Crippen molar-refractivity contribution >= 4 is 17.7 Å². The van der Waals surface area contributed by atoms with Crippen LogP contribution in [0.3, 0.4) is 0 Å². The van der Waals surface area contributed by atoms with Crippen LogP contribution >= 0.6 is 11.8 Å². The Morgan fingerprint density at radius 2 is 2.22 bits per heavy atom. The lowest BCUT2D eigenvalue weighted by atomic mass is 10.3. The van der Waals surface area contributed by atoms with Crippen molar-refractivity contribution in [3.05, 3.63) is 41.8 Å². The van der Waals surface area contributed by atoms with Gasteiger partial charge in [-0.15, -0.1) is 0 Å². The SMILES string of the molecule is CCNc1ncc(C)c(Sc2cccc(F)c2)n1. The van der Waals surface area contributed by atoms with Crippen molar-refractivity contribution in [2.75, 3.05) is 11.9 Å². The average molecular weight is 263 g/mol. The van der Waals surface area contributed by atoms with E-state index in [1.54, 1.807) is 12.3 Å². The van der Waals surface area contributed by atoms with Crippen LogP contribution in [0, 0.1) is 12.7 Å². The van der Waals surface area contributed by atoms with Crippen LogP contribution in [0.15, 0.2) is 40.4 Å². The normalized spacial score (nSPS) is 10.4. The molecule has 0 bridgehead atoms. The maximum atomic E-state index is 13.1. The van der Waals surface area contributed by atoms with Crippen LogP contribution in [0.4, 0.5) is 10.3 Å². The molecule has 0 atom stereocenters. The first-order chi connectivity index (χ1) is 8.69. The minimum atomic E-state index is -0.237. The molecule has 94 valence electrons. The Labute approximate surface area is 110 Å². The second kappa shape index (κ2) is 5.82. The molecular formula is C13H14FN3S. The molecule has 1 heterocycles. The van der Waals surface area contributed by atoms with Crippen molar-refractivity contribution in [2.45, 2.75) is 23.8 Å². The molecule has 0 spiro atoms. The summed E-state index contributed by atoms with van der Waals surface area (Å²) in [6.45, 7) is 4.70. The first-order valence-electron chi connectivity index (χ1n) is 5.70. The summed E-state index contributed by atoms with van der Waals surface area (Å²) in [5, 5.41) is 3.90. The molecule has 0 saturated carbocycles. The van der Waals surface area contributed by atoms with E-state index in [-0.39, 0.29) is 5.82 Å². The van der Waals surface area contributed by atoms with Crippen LogP contribution in [-0.4, -0.2) is 16.5 Å². The average Bonchev–Trinajstić information content (AvgIpc) is 2.34. The van der Waals surface area contributed by atoms with Crippen LogP contribution in [0.2, 0.25) is 0 Å². The van der Waals surface area contributed by atoms with Gasteiger partial charge in [0.2, 0.25) is 5.95 Å². The van der Waals surface area contributed by atoms with E-state index in [4.69, 9.17) is 0 Å². The Kier molecular flexibility index (Phi) is 4.15. The fraction of sp³-hybridized carbons (Fsp3) is 0.231. The van der Waals surface area contributed by atoms with Crippen molar-refractivity contribution in [1.82, 2.24) is 9.97 Å². The van der Waals surface area contributed by atoms with E-state index in [1.807, 2.05) is 19.9 Å². The third kappa shape index (κ3) is 3.20. The molecule has 0 fully saturated rings. The van der Waals surface area contributed by atoms with Gasteiger partial charge in [-0.2, -0.15) is 0 Å². The van der Waals surface area contributed by atoms with Crippen LogP contribution in [0.1, 0.15) is 12.5 Å². The van der Waals surface area contributed by atoms with Crippen LogP contribution in [0.25, 0.3) is 0 Å². The lowest BCUT2D eigenvalue weighted by Gasteiger charge is -2.07. The van der Waals surface area contributed by atoms with E-state index in [0.29, 0.717) is 5.95 Å². The molecule has 2 aromatic rings. The quantitative estimate of drug-likeness (QED) is 0.857. The highest BCUT2D eigenvalue weighted by Gasteiger charge is 2.06. The van der Waals surface area contributed by atoms with Gasteiger partial charge in [-0.25, -0.2) is 14.4 Å². The van der Waals surface area contributed by atoms with Gasteiger partial charge in [0, 0.05) is 23.2 Å². The third-order valence-corrected chi connectivity index (χ3v) is 3.37. The fourth-order valence-electron chi connectivity index (χ4n) is 1.42. The van der Waals surface area contributed by atoms with Crippen LogP contribution in [-0.2, 0) is 0 Å². The molecule has 1 aromatic heterocycles. The molecular weight excluding hydrogens is 249 g/mol. The lowest BCUT2D eigenvalue weighted by Crippen LogP contribution is -2.03. The highest BCUT2D eigenvalue weighted by atomic mass is 32.2. The van der Waals surface area contributed by atoms with Gasteiger partial charge in [-0.1, -0.05) is 17.8 Å². The summed E-state index contributed by atoms with van der Waals surface area (Å²) < 4.78 is 13.1. The van der Waals surface area contributed by atoms with Crippen molar-refractivity contribution in [3.8, 4) is 0 Å². The molecule has 1 N–H and O–H groups in total. The van der Waals surface area contributed by atoms with Gasteiger partial charge in [0.25, 0.3) is 0 Å². The molecule has 1 aromatic carbocycles. The summed E-state index contributed by atoms with van der Waals surface area (Å²) in [5.41, 5.74) is 0.978. The Bertz CT molecular complexity index is 546. The summed E-state index contributed by atoms with van der Waals surface area (Å²) in [5.74, 6) is 0.362. The first kappa shape index (κ1) is 12.8. The molecule has 0 saturated heterocycles. The highest BCUT2D eigenvalue weighted by molar-refractivity contribution is 7.99. The number of aryl methyl sites for hydroxylation is 1. The number of aromatic nitrogens is 2. The minimum Gasteiger partial charge on any atom is -0.354 e. The molecule has 18 heavy (non-hydrogen) atoms. The Morgan fingerprint density at radius 1 is 1.39 bits per heavy atom. The largest absolute Gasteiger partial charge is 0.354 e.